The molecule has 0 radical (unpaired) electrons. The summed E-state index contributed by atoms with van der Waals surface area (Å²) >= 11 is 0. The molecule has 1 heterocycles. The van der Waals surface area contributed by atoms with Gasteiger partial charge in [-0.1, -0.05) is 38.0 Å². The lowest BCUT2D eigenvalue weighted by molar-refractivity contribution is 0.459. The van der Waals surface area contributed by atoms with Gasteiger partial charge < -0.3 is 10.1 Å². The molecule has 1 aromatic heterocycles. The first-order chi connectivity index (χ1) is 10.2. The van der Waals surface area contributed by atoms with E-state index in [1.54, 1.807) is 0 Å². The summed E-state index contributed by atoms with van der Waals surface area (Å²) in [6, 6.07) is 12.2. The van der Waals surface area contributed by atoms with Gasteiger partial charge in [0, 0.05) is 18.3 Å². The van der Waals surface area contributed by atoms with Crippen molar-refractivity contribution in [2.24, 2.45) is 0 Å². The summed E-state index contributed by atoms with van der Waals surface area (Å²) in [5.74, 6) is 1.51. The van der Waals surface area contributed by atoms with E-state index in [0.717, 1.165) is 37.4 Å². The van der Waals surface area contributed by atoms with E-state index in [1.807, 2.05) is 30.3 Å². The van der Waals surface area contributed by atoms with Crippen molar-refractivity contribution in [1.29, 1.82) is 0 Å². The van der Waals surface area contributed by atoms with Gasteiger partial charge in [0.15, 0.2) is 0 Å². The fraction of sp³-hybridized carbons (Fsp3) is 0.389. The molecule has 0 atom stereocenters. The Kier molecular flexibility index (Phi) is 5.76. The maximum atomic E-state index is 5.90. The summed E-state index contributed by atoms with van der Waals surface area (Å²) in [6.45, 7) is 8.15. The second-order valence-corrected chi connectivity index (χ2v) is 5.25. The van der Waals surface area contributed by atoms with Gasteiger partial charge >= 0.3 is 0 Å². The Morgan fingerprint density at radius 1 is 1.10 bits per heavy atom. The van der Waals surface area contributed by atoms with Crippen LogP contribution in [0.3, 0.4) is 0 Å². The Hall–Kier alpha value is -1.87. The Balaban J connectivity index is 2.19. The molecule has 2 aromatic rings. The third-order valence-corrected chi connectivity index (χ3v) is 3.24. The quantitative estimate of drug-likeness (QED) is 0.825. The minimum absolute atomic E-state index is 0.678. The minimum Gasteiger partial charge on any atom is -0.439 e. The predicted molar refractivity (Wildman–Crippen MR) is 86.9 cm³/mol. The Morgan fingerprint density at radius 2 is 1.86 bits per heavy atom. The van der Waals surface area contributed by atoms with E-state index in [0.29, 0.717) is 5.88 Å². The molecular weight excluding hydrogens is 260 g/mol. The first kappa shape index (κ1) is 15.5. The van der Waals surface area contributed by atoms with E-state index >= 15 is 0 Å². The Labute approximate surface area is 127 Å². The smallest absolute Gasteiger partial charge is 0.219 e. The Morgan fingerprint density at radius 3 is 2.52 bits per heavy atom. The summed E-state index contributed by atoms with van der Waals surface area (Å²) in [6.07, 6.45) is 2.06. The molecule has 0 aliphatic heterocycles. The van der Waals surface area contributed by atoms with Crippen LogP contribution in [0, 0.1) is 6.92 Å². The van der Waals surface area contributed by atoms with E-state index in [9.17, 15) is 0 Å². The van der Waals surface area contributed by atoms with E-state index < -0.39 is 0 Å². The lowest BCUT2D eigenvalue weighted by atomic mass is 10.1. The highest BCUT2D eigenvalue weighted by atomic mass is 16.5. The summed E-state index contributed by atoms with van der Waals surface area (Å²) in [4.78, 5) is 4.60. The van der Waals surface area contributed by atoms with E-state index in [1.165, 1.54) is 11.1 Å². The molecule has 0 unspecified atom stereocenters. The lowest BCUT2D eigenvalue weighted by Crippen LogP contribution is -2.12. The van der Waals surface area contributed by atoms with Crippen molar-refractivity contribution >= 4 is 0 Å². The highest BCUT2D eigenvalue weighted by Gasteiger charge is 2.05. The maximum Gasteiger partial charge on any atom is 0.219 e. The predicted octanol–water partition coefficient (Wildman–Crippen LogP) is 4.24. The molecule has 1 N–H and O–H groups in total. The van der Waals surface area contributed by atoms with Crippen molar-refractivity contribution in [3.63, 3.8) is 0 Å². The zero-order chi connectivity index (χ0) is 15.1. The number of benzene rings is 1. The molecule has 0 saturated heterocycles. The molecule has 0 aliphatic rings. The number of pyridine rings is 1. The monoisotopic (exact) mass is 284 g/mol. The minimum atomic E-state index is 0.678. The highest BCUT2D eigenvalue weighted by Crippen LogP contribution is 2.22. The van der Waals surface area contributed by atoms with Crippen molar-refractivity contribution in [2.45, 2.75) is 40.2 Å². The van der Waals surface area contributed by atoms with Crippen LogP contribution in [0.2, 0.25) is 0 Å². The molecule has 0 amide bonds. The van der Waals surface area contributed by atoms with Crippen LogP contribution in [0.1, 0.15) is 37.1 Å². The molecule has 3 nitrogen and oxygen atoms in total. The first-order valence-electron chi connectivity index (χ1n) is 7.66. The zero-order valence-corrected chi connectivity index (χ0v) is 13.1. The van der Waals surface area contributed by atoms with Gasteiger partial charge in [-0.2, -0.15) is 0 Å². The molecule has 21 heavy (non-hydrogen) atoms. The second kappa shape index (κ2) is 7.79. The van der Waals surface area contributed by atoms with Gasteiger partial charge in [-0.05, 0) is 43.7 Å². The first-order valence-corrected chi connectivity index (χ1v) is 7.66. The van der Waals surface area contributed by atoms with Gasteiger partial charge in [0.25, 0.3) is 0 Å². The van der Waals surface area contributed by atoms with Crippen molar-refractivity contribution in [3.05, 3.63) is 53.2 Å². The molecule has 2 rings (SSSR count). The van der Waals surface area contributed by atoms with E-state index in [4.69, 9.17) is 4.74 Å². The number of nitrogens with one attached hydrogen (secondary N) is 1. The number of ether oxygens (including phenoxy) is 1. The third-order valence-electron chi connectivity index (χ3n) is 3.24. The Bertz CT molecular complexity index is 564. The fourth-order valence-corrected chi connectivity index (χ4v) is 2.16. The topological polar surface area (TPSA) is 34.1 Å². The van der Waals surface area contributed by atoms with Gasteiger partial charge in [-0.15, -0.1) is 0 Å². The lowest BCUT2D eigenvalue weighted by Gasteiger charge is -2.10. The van der Waals surface area contributed by atoms with Crippen LogP contribution in [0.5, 0.6) is 11.6 Å². The van der Waals surface area contributed by atoms with Gasteiger partial charge in [0.1, 0.15) is 5.75 Å². The van der Waals surface area contributed by atoms with Gasteiger partial charge in [0.05, 0.1) is 0 Å². The third kappa shape index (κ3) is 4.87. The number of hydrogen-bond donors (Lipinski definition) is 1. The SMILES string of the molecule is CCCc1cc(CNCC)cc(Oc2ccc(C)cc2)n1. The average molecular weight is 284 g/mol. The van der Waals surface area contributed by atoms with Crippen molar-refractivity contribution < 1.29 is 4.74 Å². The van der Waals surface area contributed by atoms with Crippen LogP contribution in [-0.2, 0) is 13.0 Å². The van der Waals surface area contributed by atoms with Gasteiger partial charge in [-0.3, -0.25) is 0 Å². The van der Waals surface area contributed by atoms with Gasteiger partial charge in [-0.25, -0.2) is 4.98 Å². The van der Waals surface area contributed by atoms with Crippen LogP contribution < -0.4 is 10.1 Å². The molecule has 0 fully saturated rings. The summed E-state index contributed by atoms with van der Waals surface area (Å²) in [5, 5.41) is 3.35. The molecular formula is C18H24N2O. The molecule has 1 aromatic carbocycles. The second-order valence-electron chi connectivity index (χ2n) is 5.25. The summed E-state index contributed by atoms with van der Waals surface area (Å²) < 4.78 is 5.90. The van der Waals surface area contributed by atoms with Crippen LogP contribution >= 0.6 is 0 Å². The molecule has 112 valence electrons. The maximum absolute atomic E-state index is 5.90. The van der Waals surface area contributed by atoms with Crippen LogP contribution in [0.25, 0.3) is 0 Å². The standard InChI is InChI=1S/C18H24N2O/c1-4-6-16-11-15(13-19-5-2)12-18(20-16)21-17-9-7-14(3)8-10-17/h7-12,19H,4-6,13H2,1-3H3. The van der Waals surface area contributed by atoms with E-state index in [-0.39, 0.29) is 0 Å². The van der Waals surface area contributed by atoms with Crippen LogP contribution in [-0.4, -0.2) is 11.5 Å². The summed E-state index contributed by atoms with van der Waals surface area (Å²) in [7, 11) is 0. The van der Waals surface area contributed by atoms with Crippen molar-refractivity contribution in [3.8, 4) is 11.6 Å². The van der Waals surface area contributed by atoms with Crippen LogP contribution in [0.4, 0.5) is 0 Å². The number of aromatic nitrogens is 1. The number of rotatable bonds is 7. The van der Waals surface area contributed by atoms with E-state index in [2.05, 4.69) is 37.1 Å². The molecule has 0 spiro atoms. The highest BCUT2D eigenvalue weighted by molar-refractivity contribution is 5.32. The number of aryl methyl sites for hydroxylation is 2. The fourth-order valence-electron chi connectivity index (χ4n) is 2.16. The molecule has 3 heteroatoms. The largest absolute Gasteiger partial charge is 0.439 e. The van der Waals surface area contributed by atoms with Gasteiger partial charge in [0.2, 0.25) is 5.88 Å². The van der Waals surface area contributed by atoms with Crippen LogP contribution in [0.15, 0.2) is 36.4 Å². The average Bonchev–Trinajstić information content (AvgIpc) is 2.48. The normalized spacial score (nSPS) is 10.6. The van der Waals surface area contributed by atoms with Crippen molar-refractivity contribution in [1.82, 2.24) is 10.3 Å². The number of hydrogen-bond acceptors (Lipinski definition) is 3. The molecule has 0 bridgehead atoms. The summed E-state index contributed by atoms with van der Waals surface area (Å²) in [5.41, 5.74) is 3.54. The molecule has 0 aliphatic carbocycles. The molecule has 0 saturated carbocycles. The van der Waals surface area contributed by atoms with Crippen molar-refractivity contribution in [2.75, 3.05) is 6.54 Å². The zero-order valence-electron chi connectivity index (χ0n) is 13.1. The number of nitrogens with zero attached hydrogens (tertiary/aromatic N) is 1.